The third-order valence-corrected chi connectivity index (χ3v) is 6.28. The summed E-state index contributed by atoms with van der Waals surface area (Å²) in [7, 11) is 0. The van der Waals surface area contributed by atoms with Crippen molar-refractivity contribution in [1.29, 1.82) is 0 Å². The predicted molar refractivity (Wildman–Crippen MR) is 122 cm³/mol. The monoisotopic (exact) mass is 448 g/mol. The summed E-state index contributed by atoms with van der Waals surface area (Å²) in [5.74, 6) is -2.86. The molecular formula is C25H34F2N2O3. The van der Waals surface area contributed by atoms with Gasteiger partial charge in [-0.25, -0.2) is 13.6 Å². The molecule has 5 nitrogen and oxygen atoms in total. The van der Waals surface area contributed by atoms with E-state index in [1.165, 1.54) is 0 Å². The van der Waals surface area contributed by atoms with Gasteiger partial charge in [-0.15, -0.1) is 0 Å². The number of fused-ring (bicyclic) bond motifs is 2. The average Bonchev–Trinajstić information content (AvgIpc) is 3.01. The molecule has 1 spiro atoms. The van der Waals surface area contributed by atoms with Crippen LogP contribution in [0, 0.1) is 0 Å². The fourth-order valence-electron chi connectivity index (χ4n) is 4.58. The van der Waals surface area contributed by atoms with Crippen molar-refractivity contribution in [3.8, 4) is 0 Å². The zero-order valence-electron chi connectivity index (χ0n) is 19.7. The highest BCUT2D eigenvalue weighted by Crippen LogP contribution is 2.51. The number of anilines is 1. The van der Waals surface area contributed by atoms with Gasteiger partial charge in [-0.1, -0.05) is 26.0 Å². The summed E-state index contributed by atoms with van der Waals surface area (Å²) in [5, 5.41) is 2.89. The SMILES string of the molecule is CC.CC(C)(C)OC(=O)N1CC=C(c2ccc3c(c2)C2(CCC(F)(F)CC2)C(=O)N3)CC1. The molecule has 3 aliphatic rings. The molecule has 0 bridgehead atoms. The van der Waals surface area contributed by atoms with Gasteiger partial charge >= 0.3 is 6.09 Å². The minimum absolute atomic E-state index is 0.160. The number of ether oxygens (including phenoxy) is 1. The zero-order valence-corrected chi connectivity index (χ0v) is 19.7. The van der Waals surface area contributed by atoms with Crippen molar-refractivity contribution < 1.29 is 23.1 Å². The predicted octanol–water partition coefficient (Wildman–Crippen LogP) is 6.14. The summed E-state index contributed by atoms with van der Waals surface area (Å²) in [6.45, 7) is 10.5. The second-order valence-electron chi connectivity index (χ2n) is 9.56. The second kappa shape index (κ2) is 8.83. The minimum Gasteiger partial charge on any atom is -0.444 e. The first-order valence-electron chi connectivity index (χ1n) is 11.5. The molecule has 1 aromatic rings. The van der Waals surface area contributed by atoms with Crippen molar-refractivity contribution in [1.82, 2.24) is 4.90 Å². The summed E-state index contributed by atoms with van der Waals surface area (Å²) < 4.78 is 32.9. The lowest BCUT2D eigenvalue weighted by Gasteiger charge is -2.35. The Kier molecular flexibility index (Phi) is 6.68. The maximum atomic E-state index is 13.7. The smallest absolute Gasteiger partial charge is 0.410 e. The number of carbonyl (C=O) groups excluding carboxylic acids is 2. The fourth-order valence-corrected chi connectivity index (χ4v) is 4.58. The normalized spacial score (nSPS) is 21.2. The van der Waals surface area contributed by atoms with Gasteiger partial charge in [0.15, 0.2) is 0 Å². The van der Waals surface area contributed by atoms with Gasteiger partial charge in [0.05, 0.1) is 5.41 Å². The van der Waals surface area contributed by atoms with Gasteiger partial charge in [0, 0.05) is 31.6 Å². The van der Waals surface area contributed by atoms with Crippen LogP contribution in [0.2, 0.25) is 0 Å². The lowest BCUT2D eigenvalue weighted by atomic mass is 9.69. The quantitative estimate of drug-likeness (QED) is 0.562. The number of nitrogens with one attached hydrogen (secondary N) is 1. The van der Waals surface area contributed by atoms with Crippen LogP contribution >= 0.6 is 0 Å². The highest BCUT2D eigenvalue weighted by molar-refractivity contribution is 6.06. The van der Waals surface area contributed by atoms with Crippen molar-refractivity contribution >= 4 is 23.3 Å². The summed E-state index contributed by atoms with van der Waals surface area (Å²) in [6.07, 6.45) is 2.13. The molecule has 1 saturated carbocycles. The maximum absolute atomic E-state index is 13.7. The number of carbonyl (C=O) groups is 2. The van der Waals surface area contributed by atoms with Crippen LogP contribution in [0.4, 0.5) is 19.3 Å². The van der Waals surface area contributed by atoms with Crippen molar-refractivity contribution in [2.75, 3.05) is 18.4 Å². The lowest BCUT2D eigenvalue weighted by molar-refractivity contribution is -0.125. The topological polar surface area (TPSA) is 58.6 Å². The van der Waals surface area contributed by atoms with Gasteiger partial charge in [-0.05, 0) is 68.9 Å². The first-order valence-corrected chi connectivity index (χ1v) is 11.5. The number of alkyl halides is 2. The van der Waals surface area contributed by atoms with Crippen LogP contribution in [0.25, 0.3) is 5.57 Å². The highest BCUT2D eigenvalue weighted by atomic mass is 19.3. The van der Waals surface area contributed by atoms with Crippen LogP contribution in [0.1, 0.15) is 77.8 Å². The first kappa shape index (κ1) is 24.2. The van der Waals surface area contributed by atoms with Gasteiger partial charge in [0.2, 0.25) is 11.8 Å². The molecule has 1 aromatic carbocycles. The second-order valence-corrected chi connectivity index (χ2v) is 9.56. The van der Waals surface area contributed by atoms with E-state index in [-0.39, 0.29) is 37.7 Å². The molecule has 0 saturated heterocycles. The Morgan fingerprint density at radius 3 is 2.34 bits per heavy atom. The molecule has 2 heterocycles. The molecule has 2 amide bonds. The molecule has 32 heavy (non-hydrogen) atoms. The van der Waals surface area contributed by atoms with Crippen molar-refractivity contribution in [2.45, 2.75) is 83.7 Å². The molecule has 0 unspecified atom stereocenters. The Bertz CT molecular complexity index is 908. The molecule has 4 rings (SSSR count). The molecule has 0 radical (unpaired) electrons. The molecule has 1 N–H and O–H groups in total. The number of nitrogens with zero attached hydrogens (tertiary/aromatic N) is 1. The van der Waals surface area contributed by atoms with E-state index in [1.807, 2.05) is 58.9 Å². The molecule has 176 valence electrons. The van der Waals surface area contributed by atoms with E-state index in [4.69, 9.17) is 4.74 Å². The van der Waals surface area contributed by atoms with Crippen LogP contribution in [-0.4, -0.2) is 41.5 Å². The summed E-state index contributed by atoms with van der Waals surface area (Å²) in [6, 6.07) is 5.79. The average molecular weight is 449 g/mol. The van der Waals surface area contributed by atoms with E-state index in [9.17, 15) is 18.4 Å². The largest absolute Gasteiger partial charge is 0.444 e. The minimum atomic E-state index is -2.69. The Balaban J connectivity index is 0.00000141. The van der Waals surface area contributed by atoms with Gasteiger partial charge in [-0.2, -0.15) is 0 Å². The Hall–Kier alpha value is -2.44. The number of rotatable bonds is 1. The van der Waals surface area contributed by atoms with Crippen LogP contribution in [0.15, 0.2) is 24.3 Å². The van der Waals surface area contributed by atoms with Gasteiger partial charge in [-0.3, -0.25) is 4.79 Å². The first-order chi connectivity index (χ1) is 15.0. The molecule has 1 aliphatic carbocycles. The Morgan fingerprint density at radius 1 is 1.12 bits per heavy atom. The van der Waals surface area contributed by atoms with E-state index in [0.29, 0.717) is 19.5 Å². The number of halogens is 2. The maximum Gasteiger partial charge on any atom is 0.410 e. The summed E-state index contributed by atoms with van der Waals surface area (Å²) in [4.78, 5) is 26.6. The molecule has 7 heteroatoms. The van der Waals surface area contributed by atoms with E-state index in [1.54, 1.807) is 4.90 Å². The van der Waals surface area contributed by atoms with E-state index >= 15 is 0 Å². The van der Waals surface area contributed by atoms with Crippen LogP contribution < -0.4 is 5.32 Å². The zero-order chi connectivity index (χ0) is 23.7. The molecule has 2 aliphatic heterocycles. The van der Waals surface area contributed by atoms with E-state index in [2.05, 4.69) is 5.32 Å². The van der Waals surface area contributed by atoms with Crippen molar-refractivity contribution in [2.24, 2.45) is 0 Å². The molecule has 0 aromatic heterocycles. The van der Waals surface area contributed by atoms with Crippen LogP contribution in [0.3, 0.4) is 0 Å². The molecule has 0 atom stereocenters. The third kappa shape index (κ3) is 4.81. The number of hydrogen-bond acceptors (Lipinski definition) is 3. The van der Waals surface area contributed by atoms with Gasteiger partial charge in [0.1, 0.15) is 5.60 Å². The third-order valence-electron chi connectivity index (χ3n) is 6.28. The Labute approximate surface area is 189 Å². The Morgan fingerprint density at radius 2 is 1.78 bits per heavy atom. The number of benzene rings is 1. The van der Waals surface area contributed by atoms with E-state index in [0.717, 1.165) is 22.4 Å². The van der Waals surface area contributed by atoms with Crippen LogP contribution in [-0.2, 0) is 14.9 Å². The molecule has 1 fully saturated rings. The van der Waals surface area contributed by atoms with Crippen molar-refractivity contribution in [3.63, 3.8) is 0 Å². The van der Waals surface area contributed by atoms with Crippen molar-refractivity contribution in [3.05, 3.63) is 35.4 Å². The highest BCUT2D eigenvalue weighted by Gasteiger charge is 2.52. The summed E-state index contributed by atoms with van der Waals surface area (Å²) >= 11 is 0. The standard InChI is InChI=1S/C23H28F2N2O3.C2H6/c1-21(2,3)30-20(29)27-12-6-15(7-13-27)16-4-5-18-17(14-16)22(19(28)26-18)8-10-23(24,25)11-9-22;1-2/h4-6,14H,7-13H2,1-3H3,(H,26,28);1-2H3. The summed E-state index contributed by atoms with van der Waals surface area (Å²) in [5.41, 5.74) is 2.23. The molecular weight excluding hydrogens is 414 g/mol. The van der Waals surface area contributed by atoms with Gasteiger partial charge < -0.3 is 15.0 Å². The van der Waals surface area contributed by atoms with Crippen LogP contribution in [0.5, 0.6) is 0 Å². The fraction of sp³-hybridized carbons (Fsp3) is 0.600. The number of hydrogen-bond donors (Lipinski definition) is 1. The van der Waals surface area contributed by atoms with E-state index < -0.39 is 16.9 Å². The lowest BCUT2D eigenvalue weighted by Crippen LogP contribution is -2.41. The van der Waals surface area contributed by atoms with Gasteiger partial charge in [0.25, 0.3) is 0 Å². The number of amides is 2.